The molecular weight excluding hydrogens is 265 g/mol. The van der Waals surface area contributed by atoms with Gasteiger partial charge in [0.15, 0.2) is 0 Å². The van der Waals surface area contributed by atoms with Crippen molar-refractivity contribution in [3.05, 3.63) is 34.6 Å². The molecule has 1 unspecified atom stereocenters. The Bertz CT molecular complexity index is 407. The second kappa shape index (κ2) is 7.22. The van der Waals surface area contributed by atoms with Crippen LogP contribution in [0.3, 0.4) is 0 Å². The highest BCUT2D eigenvalue weighted by Gasteiger charge is 2.27. The van der Waals surface area contributed by atoms with Crippen molar-refractivity contribution >= 4 is 11.6 Å². The Labute approximate surface area is 119 Å². The summed E-state index contributed by atoms with van der Waals surface area (Å²) in [6.07, 6.45) is 2.96. The lowest BCUT2D eigenvalue weighted by molar-refractivity contribution is 0.0531. The molecule has 1 aromatic carbocycles. The van der Waals surface area contributed by atoms with Crippen LogP contribution in [0.4, 0.5) is 4.39 Å². The molecule has 2 rings (SSSR count). The smallest absolute Gasteiger partial charge is 0.146 e. The van der Waals surface area contributed by atoms with Gasteiger partial charge in [-0.25, -0.2) is 4.39 Å². The molecule has 4 heteroatoms. The predicted molar refractivity (Wildman–Crippen MR) is 76.0 cm³/mol. The summed E-state index contributed by atoms with van der Waals surface area (Å²) in [6, 6.07) is 5.29. The first-order valence-corrected chi connectivity index (χ1v) is 7.37. The molecule has 0 amide bonds. The molecule has 0 aromatic heterocycles. The molecule has 2 nitrogen and oxygen atoms in total. The third-order valence-corrected chi connectivity index (χ3v) is 3.96. The van der Waals surface area contributed by atoms with Crippen LogP contribution in [-0.2, 0) is 4.74 Å². The minimum absolute atomic E-state index is 0.0301. The topological polar surface area (TPSA) is 21.3 Å². The number of hydrogen-bond donors (Lipinski definition) is 1. The number of halogens is 2. The van der Waals surface area contributed by atoms with Crippen LogP contribution in [0.1, 0.15) is 37.8 Å². The first kappa shape index (κ1) is 14.8. The van der Waals surface area contributed by atoms with E-state index in [-0.39, 0.29) is 16.9 Å². The molecule has 0 spiro atoms. The molecule has 1 saturated heterocycles. The van der Waals surface area contributed by atoms with Gasteiger partial charge in [-0.05, 0) is 37.8 Å². The van der Waals surface area contributed by atoms with E-state index in [2.05, 4.69) is 12.2 Å². The van der Waals surface area contributed by atoms with Gasteiger partial charge in [0.25, 0.3) is 0 Å². The summed E-state index contributed by atoms with van der Waals surface area (Å²) in [5.41, 5.74) is 0.688. The highest BCUT2D eigenvalue weighted by Crippen LogP contribution is 2.33. The van der Waals surface area contributed by atoms with E-state index in [0.717, 1.165) is 39.0 Å². The maximum Gasteiger partial charge on any atom is 0.146 e. The number of hydrogen-bond acceptors (Lipinski definition) is 2. The van der Waals surface area contributed by atoms with Crippen LogP contribution in [0.5, 0.6) is 0 Å². The van der Waals surface area contributed by atoms with Gasteiger partial charge in [0, 0.05) is 24.8 Å². The Morgan fingerprint density at radius 2 is 2.16 bits per heavy atom. The van der Waals surface area contributed by atoms with Crippen molar-refractivity contribution < 1.29 is 9.13 Å². The highest BCUT2D eigenvalue weighted by atomic mass is 35.5. The van der Waals surface area contributed by atoms with Gasteiger partial charge in [-0.3, -0.25) is 0 Å². The molecule has 0 saturated carbocycles. The summed E-state index contributed by atoms with van der Waals surface area (Å²) >= 11 is 5.90. The number of nitrogens with one attached hydrogen (secondary N) is 1. The van der Waals surface area contributed by atoms with E-state index < -0.39 is 0 Å². The van der Waals surface area contributed by atoms with Crippen molar-refractivity contribution in [3.8, 4) is 0 Å². The van der Waals surface area contributed by atoms with E-state index >= 15 is 0 Å². The van der Waals surface area contributed by atoms with Crippen LogP contribution in [0.25, 0.3) is 0 Å². The van der Waals surface area contributed by atoms with Crippen molar-refractivity contribution in [2.75, 3.05) is 19.8 Å². The Kier molecular flexibility index (Phi) is 5.61. The van der Waals surface area contributed by atoms with Crippen molar-refractivity contribution in [1.82, 2.24) is 5.32 Å². The van der Waals surface area contributed by atoms with Crippen LogP contribution < -0.4 is 5.32 Å². The van der Waals surface area contributed by atoms with E-state index in [9.17, 15) is 4.39 Å². The minimum Gasteiger partial charge on any atom is -0.381 e. The fraction of sp³-hybridized carbons (Fsp3) is 0.600. The Morgan fingerprint density at radius 1 is 1.42 bits per heavy atom. The fourth-order valence-corrected chi connectivity index (χ4v) is 2.82. The lowest BCUT2D eigenvalue weighted by Crippen LogP contribution is -2.33. The molecule has 1 aromatic rings. The Hall–Kier alpha value is -0.640. The van der Waals surface area contributed by atoms with Crippen molar-refractivity contribution in [3.63, 3.8) is 0 Å². The quantitative estimate of drug-likeness (QED) is 0.884. The van der Waals surface area contributed by atoms with Gasteiger partial charge in [-0.2, -0.15) is 0 Å². The van der Waals surface area contributed by atoms with Gasteiger partial charge in [0.05, 0.1) is 5.02 Å². The van der Waals surface area contributed by atoms with Crippen molar-refractivity contribution in [2.24, 2.45) is 5.92 Å². The van der Waals surface area contributed by atoms with Gasteiger partial charge in [0.1, 0.15) is 5.82 Å². The standard InChI is InChI=1S/C15H21ClFNO/c1-2-8-18-15(11-6-9-19-10-7-11)12-4-3-5-13(16)14(12)17/h3-5,11,15,18H,2,6-10H2,1H3. The molecule has 0 bridgehead atoms. The summed E-state index contributed by atoms with van der Waals surface area (Å²) in [5.74, 6) is 0.123. The third-order valence-electron chi connectivity index (χ3n) is 3.67. The van der Waals surface area contributed by atoms with Crippen LogP contribution >= 0.6 is 11.6 Å². The Balaban J connectivity index is 2.22. The zero-order valence-corrected chi connectivity index (χ0v) is 12.0. The maximum absolute atomic E-state index is 14.2. The zero-order chi connectivity index (χ0) is 13.7. The van der Waals surface area contributed by atoms with Crippen LogP contribution in [-0.4, -0.2) is 19.8 Å². The van der Waals surface area contributed by atoms with E-state index in [1.165, 1.54) is 0 Å². The van der Waals surface area contributed by atoms with Crippen molar-refractivity contribution in [2.45, 2.75) is 32.2 Å². The van der Waals surface area contributed by atoms with E-state index in [4.69, 9.17) is 16.3 Å². The van der Waals surface area contributed by atoms with Gasteiger partial charge >= 0.3 is 0 Å². The van der Waals surface area contributed by atoms with Crippen LogP contribution in [0.2, 0.25) is 5.02 Å². The molecule has 0 aliphatic carbocycles. The summed E-state index contributed by atoms with van der Waals surface area (Å²) in [7, 11) is 0. The SMILES string of the molecule is CCCNC(c1cccc(Cl)c1F)C1CCOCC1. The molecule has 1 atom stereocenters. The monoisotopic (exact) mass is 285 g/mol. The minimum atomic E-state index is -0.288. The second-order valence-corrected chi connectivity index (χ2v) is 5.43. The van der Waals surface area contributed by atoms with Crippen LogP contribution in [0.15, 0.2) is 18.2 Å². The molecule has 19 heavy (non-hydrogen) atoms. The number of benzene rings is 1. The van der Waals surface area contributed by atoms with Crippen LogP contribution in [0, 0.1) is 11.7 Å². The average Bonchev–Trinajstić information content (AvgIpc) is 2.45. The third kappa shape index (κ3) is 3.68. The summed E-state index contributed by atoms with van der Waals surface area (Å²) in [4.78, 5) is 0. The summed E-state index contributed by atoms with van der Waals surface area (Å²) in [5, 5.41) is 3.67. The normalized spacial score (nSPS) is 18.5. The van der Waals surface area contributed by atoms with Gasteiger partial charge < -0.3 is 10.1 Å². The van der Waals surface area contributed by atoms with Gasteiger partial charge in [-0.15, -0.1) is 0 Å². The van der Waals surface area contributed by atoms with E-state index in [0.29, 0.717) is 11.5 Å². The number of ether oxygens (including phenoxy) is 1. The Morgan fingerprint density at radius 3 is 2.84 bits per heavy atom. The zero-order valence-electron chi connectivity index (χ0n) is 11.3. The molecule has 106 valence electrons. The molecule has 1 aliphatic rings. The van der Waals surface area contributed by atoms with E-state index in [1.54, 1.807) is 6.07 Å². The first-order chi connectivity index (χ1) is 9.24. The molecule has 1 heterocycles. The maximum atomic E-state index is 14.2. The predicted octanol–water partition coefficient (Wildman–Crippen LogP) is 3.95. The molecule has 1 fully saturated rings. The second-order valence-electron chi connectivity index (χ2n) is 5.02. The molecule has 1 N–H and O–H groups in total. The molecule has 0 radical (unpaired) electrons. The van der Waals surface area contributed by atoms with Crippen molar-refractivity contribution in [1.29, 1.82) is 0 Å². The average molecular weight is 286 g/mol. The first-order valence-electron chi connectivity index (χ1n) is 6.99. The fourth-order valence-electron chi connectivity index (χ4n) is 2.64. The molecular formula is C15H21ClFNO. The van der Waals surface area contributed by atoms with Gasteiger partial charge in [-0.1, -0.05) is 30.7 Å². The summed E-state index contributed by atoms with van der Waals surface area (Å²) in [6.45, 7) is 4.52. The lowest BCUT2D eigenvalue weighted by atomic mass is 9.86. The highest BCUT2D eigenvalue weighted by molar-refractivity contribution is 6.30. The largest absolute Gasteiger partial charge is 0.381 e. The number of rotatable bonds is 5. The lowest BCUT2D eigenvalue weighted by Gasteiger charge is -2.31. The molecule has 1 aliphatic heterocycles. The van der Waals surface area contributed by atoms with Gasteiger partial charge in [0.2, 0.25) is 0 Å². The van der Waals surface area contributed by atoms with E-state index in [1.807, 2.05) is 12.1 Å². The summed E-state index contributed by atoms with van der Waals surface area (Å²) < 4.78 is 19.6.